The molecule has 1 rings (SSSR count). The fraction of sp³-hybridized carbons (Fsp3) is 1.00. The average Bonchev–Trinajstić information content (AvgIpc) is 2.47. The third-order valence-electron chi connectivity index (χ3n) is 4.91. The smallest absolute Gasteiger partial charge is 0.0610 e. The fourth-order valence-electron chi connectivity index (χ4n) is 3.77. The van der Waals surface area contributed by atoms with Crippen LogP contribution in [0.15, 0.2) is 0 Å². The number of unbranched alkanes of at least 4 members (excludes halogenated alkanes) is 1. The maximum Gasteiger partial charge on any atom is 0.0610 e. The molecule has 1 unspecified atom stereocenters. The first-order valence-electron chi connectivity index (χ1n) is 9.13. The molecule has 3 heteroatoms. The van der Waals surface area contributed by atoms with Crippen LogP contribution in [0.25, 0.3) is 0 Å². The molecule has 0 amide bonds. The molecule has 0 bridgehead atoms. The number of rotatable bonds is 10. The number of aliphatic hydroxyl groups is 1. The van der Waals surface area contributed by atoms with Crippen molar-refractivity contribution in [3.05, 3.63) is 0 Å². The Hall–Kier alpha value is -0.120. The quantitative estimate of drug-likeness (QED) is 0.605. The monoisotopic (exact) mass is 298 g/mol. The molecule has 1 fully saturated rings. The number of hydrogen-bond acceptors (Lipinski definition) is 3. The molecule has 0 aliphatic heterocycles. The standard InChI is InChI=1S/C18H38N2O/c1-5-20(17-11-7-6-8-12-17)14-10-9-13-18(4,15-21)19-16(2)3/h16-17,19,21H,5-15H2,1-4H3. The molecule has 0 radical (unpaired) electrons. The van der Waals surface area contributed by atoms with Crippen LogP contribution in [0.5, 0.6) is 0 Å². The molecule has 0 saturated heterocycles. The minimum atomic E-state index is -0.115. The van der Waals surface area contributed by atoms with Gasteiger partial charge in [-0.3, -0.25) is 0 Å². The van der Waals surface area contributed by atoms with Gasteiger partial charge in [0, 0.05) is 17.6 Å². The molecule has 2 N–H and O–H groups in total. The molecule has 3 nitrogen and oxygen atoms in total. The van der Waals surface area contributed by atoms with Crippen LogP contribution < -0.4 is 5.32 Å². The first-order chi connectivity index (χ1) is 10.0. The van der Waals surface area contributed by atoms with Crippen LogP contribution in [0.1, 0.15) is 79.1 Å². The second kappa shape index (κ2) is 9.81. The molecule has 0 aromatic heterocycles. The lowest BCUT2D eigenvalue weighted by Crippen LogP contribution is -2.49. The lowest BCUT2D eigenvalue weighted by Gasteiger charge is -2.34. The Kier molecular flexibility index (Phi) is 8.84. The summed E-state index contributed by atoms with van der Waals surface area (Å²) in [7, 11) is 0. The van der Waals surface area contributed by atoms with E-state index in [1.54, 1.807) is 0 Å². The highest BCUT2D eigenvalue weighted by Crippen LogP contribution is 2.23. The second-order valence-electron chi connectivity index (χ2n) is 7.40. The van der Waals surface area contributed by atoms with Crippen molar-refractivity contribution in [2.75, 3.05) is 19.7 Å². The summed E-state index contributed by atoms with van der Waals surface area (Å²) < 4.78 is 0. The Balaban J connectivity index is 2.27. The molecule has 0 heterocycles. The first kappa shape index (κ1) is 18.9. The molecule has 1 aliphatic carbocycles. The Labute approximate surface area is 132 Å². The Morgan fingerprint density at radius 2 is 1.86 bits per heavy atom. The third-order valence-corrected chi connectivity index (χ3v) is 4.91. The third kappa shape index (κ3) is 7.12. The van der Waals surface area contributed by atoms with Gasteiger partial charge in [0.15, 0.2) is 0 Å². The SMILES string of the molecule is CCN(CCCCC(C)(CO)NC(C)C)C1CCCCC1. The van der Waals surface area contributed by atoms with E-state index in [1.165, 1.54) is 58.0 Å². The maximum absolute atomic E-state index is 9.62. The van der Waals surface area contributed by atoms with E-state index in [4.69, 9.17) is 0 Å². The van der Waals surface area contributed by atoms with Crippen LogP contribution in [0.2, 0.25) is 0 Å². The maximum atomic E-state index is 9.62. The van der Waals surface area contributed by atoms with Gasteiger partial charge in [-0.25, -0.2) is 0 Å². The van der Waals surface area contributed by atoms with Crippen LogP contribution in [-0.4, -0.2) is 47.3 Å². The van der Waals surface area contributed by atoms with Crippen LogP contribution in [0.4, 0.5) is 0 Å². The molecule has 1 atom stereocenters. The summed E-state index contributed by atoms with van der Waals surface area (Å²) in [6.45, 7) is 11.4. The van der Waals surface area contributed by atoms with Gasteiger partial charge in [0.05, 0.1) is 6.61 Å². The zero-order valence-corrected chi connectivity index (χ0v) is 14.8. The van der Waals surface area contributed by atoms with Gasteiger partial charge in [0.2, 0.25) is 0 Å². The van der Waals surface area contributed by atoms with E-state index in [1.807, 2.05) is 0 Å². The zero-order chi connectivity index (χ0) is 15.7. The van der Waals surface area contributed by atoms with Crippen molar-refractivity contribution in [3.63, 3.8) is 0 Å². The first-order valence-corrected chi connectivity index (χ1v) is 9.13. The molecular weight excluding hydrogens is 260 g/mol. The van der Waals surface area contributed by atoms with E-state index in [2.05, 4.69) is 37.9 Å². The predicted molar refractivity (Wildman–Crippen MR) is 91.7 cm³/mol. The predicted octanol–water partition coefficient (Wildman–Crippen LogP) is 3.56. The summed E-state index contributed by atoms with van der Waals surface area (Å²) in [4.78, 5) is 2.69. The second-order valence-corrected chi connectivity index (χ2v) is 7.40. The van der Waals surface area contributed by atoms with Gasteiger partial charge in [0.25, 0.3) is 0 Å². The van der Waals surface area contributed by atoms with Crippen molar-refractivity contribution in [3.8, 4) is 0 Å². The molecule has 0 spiro atoms. The summed E-state index contributed by atoms with van der Waals surface area (Å²) in [5.74, 6) is 0. The summed E-state index contributed by atoms with van der Waals surface area (Å²) in [5, 5.41) is 13.1. The van der Waals surface area contributed by atoms with Gasteiger partial charge in [-0.1, -0.05) is 46.5 Å². The van der Waals surface area contributed by atoms with Crippen LogP contribution in [0.3, 0.4) is 0 Å². The summed E-state index contributed by atoms with van der Waals surface area (Å²) in [6.07, 6.45) is 10.6. The lowest BCUT2D eigenvalue weighted by molar-refractivity contribution is 0.142. The van der Waals surface area contributed by atoms with E-state index in [-0.39, 0.29) is 12.1 Å². The van der Waals surface area contributed by atoms with Crippen molar-refractivity contribution in [2.45, 2.75) is 96.7 Å². The normalized spacial score (nSPS) is 20.1. The van der Waals surface area contributed by atoms with Crippen molar-refractivity contribution in [1.82, 2.24) is 10.2 Å². The fourth-order valence-corrected chi connectivity index (χ4v) is 3.77. The van der Waals surface area contributed by atoms with Crippen LogP contribution >= 0.6 is 0 Å². The van der Waals surface area contributed by atoms with Gasteiger partial charge >= 0.3 is 0 Å². The van der Waals surface area contributed by atoms with Crippen molar-refractivity contribution < 1.29 is 5.11 Å². The molecule has 0 aromatic carbocycles. The highest BCUT2D eigenvalue weighted by Gasteiger charge is 2.24. The Morgan fingerprint density at radius 1 is 1.19 bits per heavy atom. The number of hydrogen-bond donors (Lipinski definition) is 2. The van der Waals surface area contributed by atoms with Gasteiger partial charge in [-0.05, 0) is 45.7 Å². The van der Waals surface area contributed by atoms with E-state index < -0.39 is 0 Å². The summed E-state index contributed by atoms with van der Waals surface area (Å²) in [6, 6.07) is 1.26. The van der Waals surface area contributed by atoms with E-state index in [0.717, 1.165) is 12.5 Å². The van der Waals surface area contributed by atoms with E-state index in [9.17, 15) is 5.11 Å². The van der Waals surface area contributed by atoms with Crippen molar-refractivity contribution in [2.24, 2.45) is 0 Å². The van der Waals surface area contributed by atoms with E-state index in [0.29, 0.717) is 6.04 Å². The lowest BCUT2D eigenvalue weighted by atomic mass is 9.93. The number of nitrogens with one attached hydrogen (secondary N) is 1. The average molecular weight is 299 g/mol. The summed E-state index contributed by atoms with van der Waals surface area (Å²) in [5.41, 5.74) is -0.115. The zero-order valence-electron chi connectivity index (χ0n) is 14.8. The number of aliphatic hydroxyl groups excluding tert-OH is 1. The molecule has 21 heavy (non-hydrogen) atoms. The molecular formula is C18H38N2O. The molecule has 1 aliphatic rings. The molecule has 0 aromatic rings. The highest BCUT2D eigenvalue weighted by molar-refractivity contribution is 4.84. The summed E-state index contributed by atoms with van der Waals surface area (Å²) >= 11 is 0. The molecule has 1 saturated carbocycles. The number of nitrogens with zero attached hydrogens (tertiary/aromatic N) is 1. The highest BCUT2D eigenvalue weighted by atomic mass is 16.3. The largest absolute Gasteiger partial charge is 0.394 e. The van der Waals surface area contributed by atoms with Gasteiger partial charge in [-0.2, -0.15) is 0 Å². The Morgan fingerprint density at radius 3 is 2.38 bits per heavy atom. The van der Waals surface area contributed by atoms with Crippen LogP contribution in [-0.2, 0) is 0 Å². The molecule has 126 valence electrons. The van der Waals surface area contributed by atoms with E-state index >= 15 is 0 Å². The van der Waals surface area contributed by atoms with Crippen LogP contribution in [0, 0.1) is 0 Å². The topological polar surface area (TPSA) is 35.5 Å². The van der Waals surface area contributed by atoms with Gasteiger partial charge in [-0.15, -0.1) is 0 Å². The van der Waals surface area contributed by atoms with Crippen molar-refractivity contribution >= 4 is 0 Å². The Bertz CT molecular complexity index is 264. The van der Waals surface area contributed by atoms with Gasteiger partial charge < -0.3 is 15.3 Å². The minimum Gasteiger partial charge on any atom is -0.394 e. The van der Waals surface area contributed by atoms with Crippen molar-refractivity contribution in [1.29, 1.82) is 0 Å². The van der Waals surface area contributed by atoms with Gasteiger partial charge in [0.1, 0.15) is 0 Å². The minimum absolute atomic E-state index is 0.115.